The molecule has 2 aliphatic carbocycles. The van der Waals surface area contributed by atoms with Gasteiger partial charge in [0.1, 0.15) is 5.60 Å². The van der Waals surface area contributed by atoms with E-state index in [1.165, 1.54) is 0 Å². The quantitative estimate of drug-likeness (QED) is 0.825. The van der Waals surface area contributed by atoms with Gasteiger partial charge in [-0.15, -0.1) is 0 Å². The summed E-state index contributed by atoms with van der Waals surface area (Å²) in [5.74, 6) is 0.554. The van der Waals surface area contributed by atoms with Gasteiger partial charge in [0.25, 0.3) is 0 Å². The van der Waals surface area contributed by atoms with Crippen LogP contribution in [0.2, 0.25) is 0 Å². The predicted molar refractivity (Wildman–Crippen MR) is 89.4 cm³/mol. The topological polar surface area (TPSA) is 78.9 Å². The van der Waals surface area contributed by atoms with E-state index >= 15 is 0 Å². The maximum atomic E-state index is 12.7. The Hall–Kier alpha value is -1.30. The van der Waals surface area contributed by atoms with E-state index in [9.17, 15) is 14.7 Å². The lowest BCUT2D eigenvalue weighted by molar-refractivity contribution is -0.143. The minimum Gasteiger partial charge on any atom is -0.444 e. The van der Waals surface area contributed by atoms with Crippen LogP contribution >= 0.6 is 0 Å². The standard InChI is InChI=1S/C18H30N2O4/c1-12-11-13(12)19-14(21)17(5-6-17)18(23)7-9-20(10-8-18)15(22)24-16(2,3)4/h12-13,23H,5-11H2,1-4H3,(H,19,21). The van der Waals surface area contributed by atoms with Crippen molar-refractivity contribution in [1.29, 1.82) is 0 Å². The first-order valence-electron chi connectivity index (χ1n) is 9.08. The average Bonchev–Trinajstić information content (AvgIpc) is 3.35. The van der Waals surface area contributed by atoms with Crippen molar-refractivity contribution in [2.75, 3.05) is 13.1 Å². The molecule has 0 bridgehead atoms. The molecule has 0 aromatic rings. The van der Waals surface area contributed by atoms with Gasteiger partial charge >= 0.3 is 6.09 Å². The lowest BCUT2D eigenvalue weighted by Gasteiger charge is -2.43. The first-order chi connectivity index (χ1) is 11.1. The van der Waals surface area contributed by atoms with E-state index in [1.807, 2.05) is 20.8 Å². The van der Waals surface area contributed by atoms with Crippen LogP contribution in [0.1, 0.15) is 59.8 Å². The fourth-order valence-corrected chi connectivity index (χ4v) is 3.72. The molecule has 1 saturated heterocycles. The molecule has 0 aromatic heterocycles. The van der Waals surface area contributed by atoms with Crippen LogP contribution in [0, 0.1) is 11.3 Å². The monoisotopic (exact) mass is 338 g/mol. The lowest BCUT2D eigenvalue weighted by Crippen LogP contribution is -2.56. The molecule has 6 nitrogen and oxygen atoms in total. The van der Waals surface area contributed by atoms with Crippen molar-refractivity contribution in [2.45, 2.75) is 77.0 Å². The molecule has 0 radical (unpaired) electrons. The Morgan fingerprint density at radius 3 is 2.12 bits per heavy atom. The van der Waals surface area contributed by atoms with Crippen LogP contribution < -0.4 is 5.32 Å². The minimum absolute atomic E-state index is 0.00469. The third kappa shape index (κ3) is 3.25. The summed E-state index contributed by atoms with van der Waals surface area (Å²) in [5, 5.41) is 14.2. The van der Waals surface area contributed by atoms with Gasteiger partial charge < -0.3 is 20.1 Å². The zero-order valence-electron chi connectivity index (χ0n) is 15.2. The number of amides is 2. The summed E-state index contributed by atoms with van der Waals surface area (Å²) in [6.07, 6.45) is 3.03. The molecular weight excluding hydrogens is 308 g/mol. The zero-order chi connectivity index (χ0) is 17.8. The summed E-state index contributed by atoms with van der Waals surface area (Å²) in [4.78, 5) is 26.4. The molecule has 2 unspecified atom stereocenters. The number of carbonyl (C=O) groups is 2. The molecule has 2 N–H and O–H groups in total. The number of piperidine rings is 1. The smallest absolute Gasteiger partial charge is 0.410 e. The molecule has 3 rings (SSSR count). The first kappa shape index (κ1) is 17.5. The highest BCUT2D eigenvalue weighted by Crippen LogP contribution is 2.58. The van der Waals surface area contributed by atoms with Gasteiger partial charge in [-0.3, -0.25) is 4.79 Å². The van der Waals surface area contributed by atoms with E-state index in [-0.39, 0.29) is 18.0 Å². The van der Waals surface area contributed by atoms with Crippen molar-refractivity contribution in [3.05, 3.63) is 0 Å². The number of likely N-dealkylation sites (tertiary alicyclic amines) is 1. The molecule has 1 aliphatic heterocycles. The maximum absolute atomic E-state index is 12.7. The maximum Gasteiger partial charge on any atom is 0.410 e. The second kappa shape index (κ2) is 5.61. The Balaban J connectivity index is 1.58. The second-order valence-corrected chi connectivity index (χ2v) is 8.87. The van der Waals surface area contributed by atoms with Crippen molar-refractivity contribution < 1.29 is 19.4 Å². The predicted octanol–water partition coefficient (Wildman–Crippen LogP) is 2.05. The van der Waals surface area contributed by atoms with Gasteiger partial charge in [-0.25, -0.2) is 4.79 Å². The fraction of sp³-hybridized carbons (Fsp3) is 0.889. The number of rotatable bonds is 3. The molecule has 6 heteroatoms. The number of hydrogen-bond acceptors (Lipinski definition) is 4. The summed E-state index contributed by atoms with van der Waals surface area (Å²) in [6, 6.07) is 0.278. The Bertz CT molecular complexity index is 528. The second-order valence-electron chi connectivity index (χ2n) is 8.87. The van der Waals surface area contributed by atoms with Gasteiger partial charge in [0.2, 0.25) is 5.91 Å². The van der Waals surface area contributed by atoms with Crippen LogP contribution in [0.5, 0.6) is 0 Å². The van der Waals surface area contributed by atoms with Gasteiger partial charge in [0, 0.05) is 19.1 Å². The van der Waals surface area contributed by atoms with Gasteiger partial charge in [0.05, 0.1) is 11.0 Å². The number of ether oxygens (including phenoxy) is 1. The van der Waals surface area contributed by atoms with Crippen LogP contribution in [0.15, 0.2) is 0 Å². The molecule has 2 saturated carbocycles. The highest BCUT2D eigenvalue weighted by atomic mass is 16.6. The summed E-state index contributed by atoms with van der Waals surface area (Å²) in [7, 11) is 0. The third-order valence-corrected chi connectivity index (χ3v) is 5.74. The van der Waals surface area contributed by atoms with Crippen LogP contribution in [0.3, 0.4) is 0 Å². The Kier molecular flexibility index (Phi) is 4.10. The van der Waals surface area contributed by atoms with E-state index in [1.54, 1.807) is 4.90 Å². The van der Waals surface area contributed by atoms with Crippen LogP contribution in [0.25, 0.3) is 0 Å². The number of aliphatic hydroxyl groups is 1. The largest absolute Gasteiger partial charge is 0.444 e. The molecule has 1 heterocycles. The Morgan fingerprint density at radius 2 is 1.71 bits per heavy atom. The average molecular weight is 338 g/mol. The zero-order valence-corrected chi connectivity index (χ0v) is 15.2. The van der Waals surface area contributed by atoms with E-state index in [0.717, 1.165) is 19.3 Å². The van der Waals surface area contributed by atoms with Crippen molar-refractivity contribution in [3.63, 3.8) is 0 Å². The lowest BCUT2D eigenvalue weighted by atomic mass is 9.76. The molecule has 3 aliphatic rings. The van der Waals surface area contributed by atoms with Crippen molar-refractivity contribution in [1.82, 2.24) is 10.2 Å². The number of nitrogens with zero attached hydrogens (tertiary/aromatic N) is 1. The molecular formula is C18H30N2O4. The fourth-order valence-electron chi connectivity index (χ4n) is 3.72. The molecule has 136 valence electrons. The Labute approximate surface area is 143 Å². The summed E-state index contributed by atoms with van der Waals surface area (Å²) >= 11 is 0. The number of nitrogens with one attached hydrogen (secondary N) is 1. The first-order valence-corrected chi connectivity index (χ1v) is 9.08. The highest BCUT2D eigenvalue weighted by Gasteiger charge is 2.64. The normalized spacial score (nSPS) is 30.5. The van der Waals surface area contributed by atoms with Crippen molar-refractivity contribution >= 4 is 12.0 Å². The van der Waals surface area contributed by atoms with Crippen LogP contribution in [-0.2, 0) is 9.53 Å². The minimum atomic E-state index is -1.01. The van der Waals surface area contributed by atoms with Gasteiger partial charge in [-0.05, 0) is 58.8 Å². The summed E-state index contributed by atoms with van der Waals surface area (Å²) in [5.41, 5.74) is -2.17. The number of carbonyl (C=O) groups excluding carboxylic acids is 2. The third-order valence-electron chi connectivity index (χ3n) is 5.74. The van der Waals surface area contributed by atoms with Crippen LogP contribution in [0.4, 0.5) is 4.79 Å². The molecule has 2 amide bonds. The van der Waals surface area contributed by atoms with Gasteiger partial charge in [-0.2, -0.15) is 0 Å². The van der Waals surface area contributed by atoms with Gasteiger partial charge in [-0.1, -0.05) is 6.92 Å². The molecule has 3 fully saturated rings. The van der Waals surface area contributed by atoms with E-state index in [4.69, 9.17) is 4.74 Å². The molecule has 24 heavy (non-hydrogen) atoms. The SMILES string of the molecule is CC1CC1NC(=O)C1(C2(O)CCN(C(=O)OC(C)(C)C)CC2)CC1. The van der Waals surface area contributed by atoms with E-state index < -0.39 is 16.6 Å². The molecule has 0 spiro atoms. The summed E-state index contributed by atoms with van der Waals surface area (Å²) in [6.45, 7) is 8.51. The molecule has 0 aromatic carbocycles. The molecule has 2 atom stereocenters. The summed E-state index contributed by atoms with van der Waals surface area (Å²) < 4.78 is 5.39. The Morgan fingerprint density at radius 1 is 1.17 bits per heavy atom. The van der Waals surface area contributed by atoms with Crippen molar-refractivity contribution in [2.24, 2.45) is 11.3 Å². The van der Waals surface area contributed by atoms with Gasteiger partial charge in [0.15, 0.2) is 0 Å². The number of hydrogen-bond donors (Lipinski definition) is 2. The highest BCUT2D eigenvalue weighted by molar-refractivity contribution is 5.87. The van der Waals surface area contributed by atoms with Crippen molar-refractivity contribution in [3.8, 4) is 0 Å². The van der Waals surface area contributed by atoms with Crippen LogP contribution in [-0.4, -0.2) is 52.3 Å². The van der Waals surface area contributed by atoms with E-state index in [2.05, 4.69) is 12.2 Å². The van der Waals surface area contributed by atoms with E-state index in [0.29, 0.717) is 31.8 Å².